The number of nitrogens with zero attached hydrogens (tertiary/aromatic N) is 2. The summed E-state index contributed by atoms with van der Waals surface area (Å²) in [5, 5.41) is 7.69. The molecule has 0 radical (unpaired) electrons. The summed E-state index contributed by atoms with van der Waals surface area (Å²) < 4.78 is 4.82. The highest BCUT2D eigenvalue weighted by molar-refractivity contribution is 6.28. The molecule has 0 saturated heterocycles. The third-order valence-corrected chi connectivity index (χ3v) is 8.71. The van der Waals surface area contributed by atoms with Crippen LogP contribution < -0.4 is 0 Å². The van der Waals surface area contributed by atoms with E-state index in [1.807, 2.05) is 0 Å². The summed E-state index contributed by atoms with van der Waals surface area (Å²) >= 11 is 0. The molecule has 0 unspecified atom stereocenters. The van der Waals surface area contributed by atoms with Crippen LogP contribution in [0.2, 0.25) is 0 Å². The summed E-state index contributed by atoms with van der Waals surface area (Å²) in [5.41, 5.74) is 9.72. The predicted octanol–water partition coefficient (Wildman–Crippen LogP) is 10.7. The molecule has 0 spiro atoms. The van der Waals surface area contributed by atoms with E-state index in [4.69, 9.17) is 0 Å². The molecule has 0 atom stereocenters. The maximum absolute atomic E-state index is 2.42. The fourth-order valence-electron chi connectivity index (χ4n) is 6.92. The van der Waals surface area contributed by atoms with E-state index in [2.05, 4.69) is 167 Å². The van der Waals surface area contributed by atoms with Gasteiger partial charge >= 0.3 is 0 Å². The highest BCUT2D eigenvalue weighted by Gasteiger charge is 2.20. The highest BCUT2D eigenvalue weighted by atomic mass is 15.0. The first kappa shape index (κ1) is 23.1. The van der Waals surface area contributed by atoms with E-state index in [0.717, 1.165) is 5.69 Å². The second-order valence-electron chi connectivity index (χ2n) is 11.0. The molecule has 0 aliphatic rings. The third kappa shape index (κ3) is 3.27. The van der Waals surface area contributed by atoms with Gasteiger partial charge in [-0.1, -0.05) is 109 Å². The van der Waals surface area contributed by atoms with Crippen molar-refractivity contribution >= 4 is 54.4 Å². The summed E-state index contributed by atoms with van der Waals surface area (Å²) in [6, 6.07) is 57.1. The highest BCUT2D eigenvalue weighted by Crippen LogP contribution is 2.42. The van der Waals surface area contributed by atoms with Gasteiger partial charge < -0.3 is 9.13 Å². The Hall–Kier alpha value is -5.60. The van der Waals surface area contributed by atoms with Gasteiger partial charge in [0.1, 0.15) is 0 Å². The smallest absolute Gasteiger partial charge is 0.0548 e. The van der Waals surface area contributed by atoms with Crippen LogP contribution in [0.3, 0.4) is 0 Å². The van der Waals surface area contributed by atoms with E-state index in [9.17, 15) is 0 Å². The summed E-state index contributed by atoms with van der Waals surface area (Å²) in [4.78, 5) is 0. The molecule has 2 nitrogen and oxygen atoms in total. The molecule has 0 amide bonds. The zero-order valence-electron chi connectivity index (χ0n) is 22.9. The monoisotopic (exact) mass is 534 g/mol. The number of aromatic nitrogens is 2. The molecule has 0 aliphatic carbocycles. The molecule has 2 aromatic heterocycles. The molecule has 0 aliphatic heterocycles. The molecule has 0 N–H and O–H groups in total. The van der Waals surface area contributed by atoms with Gasteiger partial charge in [0.25, 0.3) is 0 Å². The number of fused-ring (bicyclic) bond motifs is 8. The minimum atomic E-state index is 1.16. The lowest BCUT2D eigenvalue weighted by molar-refractivity contribution is 1.17. The molecule has 0 saturated carbocycles. The Morgan fingerprint density at radius 3 is 1.45 bits per heavy atom. The van der Waals surface area contributed by atoms with Gasteiger partial charge in [0.15, 0.2) is 0 Å². The number of hydrogen-bond donors (Lipinski definition) is 0. The number of hydrogen-bond acceptors (Lipinski definition) is 0. The van der Waals surface area contributed by atoms with Crippen molar-refractivity contribution in [2.45, 2.75) is 0 Å². The minimum absolute atomic E-state index is 1.16. The van der Waals surface area contributed by atoms with Gasteiger partial charge in [-0.25, -0.2) is 0 Å². The Morgan fingerprint density at radius 1 is 0.310 bits per heavy atom. The Balaban J connectivity index is 1.32. The lowest BCUT2D eigenvalue weighted by atomic mass is 9.98. The van der Waals surface area contributed by atoms with Crippen LogP contribution in [-0.2, 0) is 0 Å². The van der Waals surface area contributed by atoms with Gasteiger partial charge in [-0.2, -0.15) is 0 Å². The van der Waals surface area contributed by atoms with Gasteiger partial charge in [0.2, 0.25) is 0 Å². The molecule has 2 heteroatoms. The Kier molecular flexibility index (Phi) is 4.93. The van der Waals surface area contributed by atoms with Crippen molar-refractivity contribution in [3.05, 3.63) is 158 Å². The summed E-state index contributed by atoms with van der Waals surface area (Å²) in [6.07, 6.45) is 0. The Morgan fingerprint density at radius 2 is 0.810 bits per heavy atom. The lowest BCUT2D eigenvalue weighted by Gasteiger charge is -2.11. The quantitative estimate of drug-likeness (QED) is 0.213. The topological polar surface area (TPSA) is 9.86 Å². The number of benzene rings is 7. The molecular weight excluding hydrogens is 508 g/mol. The Labute approximate surface area is 243 Å². The van der Waals surface area contributed by atoms with E-state index in [-0.39, 0.29) is 0 Å². The van der Waals surface area contributed by atoms with Crippen LogP contribution in [0.5, 0.6) is 0 Å². The van der Waals surface area contributed by atoms with E-state index < -0.39 is 0 Å². The first-order valence-corrected chi connectivity index (χ1v) is 14.5. The molecule has 42 heavy (non-hydrogen) atoms. The summed E-state index contributed by atoms with van der Waals surface area (Å²) in [7, 11) is 0. The largest absolute Gasteiger partial charge is 0.309 e. The van der Waals surface area contributed by atoms with Crippen LogP contribution in [-0.4, -0.2) is 9.13 Å². The van der Waals surface area contributed by atoms with Crippen molar-refractivity contribution in [3.8, 4) is 22.5 Å². The van der Waals surface area contributed by atoms with Crippen molar-refractivity contribution in [1.82, 2.24) is 9.13 Å². The van der Waals surface area contributed by atoms with Gasteiger partial charge in [0.05, 0.1) is 22.1 Å². The van der Waals surface area contributed by atoms with E-state index in [0.29, 0.717) is 0 Å². The first-order valence-electron chi connectivity index (χ1n) is 14.5. The van der Waals surface area contributed by atoms with Crippen LogP contribution in [0, 0.1) is 0 Å². The molecular formula is C40H26N2. The van der Waals surface area contributed by atoms with E-state index in [1.165, 1.54) is 71.2 Å². The normalized spacial score (nSPS) is 11.8. The number of para-hydroxylation sites is 3. The fourth-order valence-corrected chi connectivity index (χ4v) is 6.92. The first-order chi connectivity index (χ1) is 20.9. The minimum Gasteiger partial charge on any atom is -0.309 e. The molecule has 0 fully saturated rings. The molecule has 7 aromatic carbocycles. The van der Waals surface area contributed by atoms with Crippen LogP contribution in [0.4, 0.5) is 0 Å². The van der Waals surface area contributed by atoms with Crippen molar-refractivity contribution < 1.29 is 0 Å². The van der Waals surface area contributed by atoms with Crippen LogP contribution in [0.25, 0.3) is 76.9 Å². The zero-order valence-corrected chi connectivity index (χ0v) is 22.9. The maximum atomic E-state index is 2.42. The molecule has 196 valence electrons. The second-order valence-corrected chi connectivity index (χ2v) is 11.0. The molecule has 2 heterocycles. The average Bonchev–Trinajstić information content (AvgIpc) is 3.58. The Bertz CT molecular complexity index is 2440. The van der Waals surface area contributed by atoms with Gasteiger partial charge in [0, 0.05) is 32.9 Å². The van der Waals surface area contributed by atoms with Crippen LogP contribution in [0.1, 0.15) is 0 Å². The van der Waals surface area contributed by atoms with Gasteiger partial charge in [-0.3, -0.25) is 0 Å². The SMILES string of the molecule is c1ccc(-n2c3ccccc3c3c4c5ccccc5n(-c5ccc(-c6cccc7ccccc67)cc5)c4ccc32)cc1. The number of rotatable bonds is 3. The molecule has 9 rings (SSSR count). The molecule has 9 aromatic rings. The van der Waals surface area contributed by atoms with Crippen LogP contribution >= 0.6 is 0 Å². The van der Waals surface area contributed by atoms with Crippen molar-refractivity contribution in [2.24, 2.45) is 0 Å². The van der Waals surface area contributed by atoms with Crippen molar-refractivity contribution in [3.63, 3.8) is 0 Å². The summed E-state index contributed by atoms with van der Waals surface area (Å²) in [6.45, 7) is 0. The average molecular weight is 535 g/mol. The standard InChI is InChI=1S/C40H26N2/c1-2-13-29(14-3-1)41-35-19-8-6-16-33(35)39-37(41)25-26-38-40(39)34-17-7-9-20-36(34)42(38)30-23-21-28(22-24-30)32-18-10-12-27-11-4-5-15-31(27)32/h1-26H. The van der Waals surface area contributed by atoms with Crippen molar-refractivity contribution in [2.75, 3.05) is 0 Å². The lowest BCUT2D eigenvalue weighted by Crippen LogP contribution is -1.95. The maximum Gasteiger partial charge on any atom is 0.0548 e. The van der Waals surface area contributed by atoms with Crippen LogP contribution in [0.15, 0.2) is 158 Å². The summed E-state index contributed by atoms with van der Waals surface area (Å²) in [5.74, 6) is 0. The van der Waals surface area contributed by atoms with Gasteiger partial charge in [-0.05, 0) is 70.4 Å². The van der Waals surface area contributed by atoms with Gasteiger partial charge in [-0.15, -0.1) is 0 Å². The zero-order chi connectivity index (χ0) is 27.6. The predicted molar refractivity (Wildman–Crippen MR) is 178 cm³/mol. The second kappa shape index (κ2) is 8.95. The molecule has 0 bridgehead atoms. The van der Waals surface area contributed by atoms with E-state index >= 15 is 0 Å². The van der Waals surface area contributed by atoms with Crippen molar-refractivity contribution in [1.29, 1.82) is 0 Å². The third-order valence-electron chi connectivity index (χ3n) is 8.71. The van der Waals surface area contributed by atoms with E-state index in [1.54, 1.807) is 0 Å². The fraction of sp³-hybridized carbons (Fsp3) is 0.